The molecule has 0 spiro atoms. The van der Waals surface area contributed by atoms with Gasteiger partial charge < -0.3 is 4.55 Å². The first kappa shape index (κ1) is 6.38. The van der Waals surface area contributed by atoms with Gasteiger partial charge in [-0.05, 0) is 12.1 Å². The van der Waals surface area contributed by atoms with Crippen LogP contribution in [0.5, 0.6) is 0 Å². The van der Waals surface area contributed by atoms with Crippen LogP contribution in [0.15, 0.2) is 29.4 Å². The average Bonchev–Trinajstić information content (AvgIpc) is 1.90. The van der Waals surface area contributed by atoms with Crippen molar-refractivity contribution in [3.63, 3.8) is 0 Å². The summed E-state index contributed by atoms with van der Waals surface area (Å²) < 4.78 is 18.7. The molecule has 0 bridgehead atoms. The number of nitrogens with zero attached hydrogens (tertiary/aromatic N) is 1. The van der Waals surface area contributed by atoms with E-state index in [4.69, 9.17) is 4.55 Å². The molecule has 0 fully saturated rings. The fourth-order valence-corrected chi connectivity index (χ4v) is 0.796. The van der Waals surface area contributed by atoms with Gasteiger partial charge in [-0.1, -0.05) is 6.07 Å². The second-order valence-electron chi connectivity index (χ2n) is 1.42. The Morgan fingerprint density at radius 2 is 2.33 bits per heavy atom. The van der Waals surface area contributed by atoms with Crippen molar-refractivity contribution in [3.8, 4) is 0 Å². The molecule has 3 nitrogen and oxygen atoms in total. The Hall–Kier alpha value is -0.740. The summed E-state index contributed by atoms with van der Waals surface area (Å²) >= 11 is -1.94. The second-order valence-corrected chi connectivity index (χ2v) is 2.33. The van der Waals surface area contributed by atoms with Crippen LogP contribution in [0.1, 0.15) is 0 Å². The molecule has 48 valence electrons. The molecule has 4 heteroatoms. The zero-order valence-corrected chi connectivity index (χ0v) is 5.34. The Bertz CT molecular complexity index is 211. The summed E-state index contributed by atoms with van der Waals surface area (Å²) in [5, 5.41) is 0.192. The van der Waals surface area contributed by atoms with Crippen molar-refractivity contribution in [1.82, 2.24) is 4.98 Å². The van der Waals surface area contributed by atoms with Crippen LogP contribution in [-0.4, -0.2) is 13.7 Å². The third kappa shape index (κ3) is 1.58. The smallest absolute Gasteiger partial charge is 0.205 e. The zero-order chi connectivity index (χ0) is 6.69. The van der Waals surface area contributed by atoms with Gasteiger partial charge in [-0.15, -0.1) is 0 Å². The van der Waals surface area contributed by atoms with Crippen molar-refractivity contribution in [2.45, 2.75) is 5.03 Å². The van der Waals surface area contributed by atoms with E-state index in [1.807, 2.05) is 0 Å². The summed E-state index contributed by atoms with van der Waals surface area (Å²) in [6.45, 7) is 0. The molecule has 0 radical (unpaired) electrons. The minimum absolute atomic E-state index is 0.192. The summed E-state index contributed by atoms with van der Waals surface area (Å²) in [7, 11) is 0. The van der Waals surface area contributed by atoms with Gasteiger partial charge in [0, 0.05) is 6.20 Å². The highest BCUT2D eigenvalue weighted by Crippen LogP contribution is 1.95. The molecule has 0 aliphatic heterocycles. The molecule has 1 rings (SSSR count). The summed E-state index contributed by atoms with van der Waals surface area (Å²) in [6.07, 6.45) is 1.48. The summed E-state index contributed by atoms with van der Waals surface area (Å²) in [4.78, 5) is 3.63. The average molecular weight is 143 g/mol. The molecule has 0 aliphatic rings. The number of hydrogen-bond acceptors (Lipinski definition) is 2. The predicted molar refractivity (Wildman–Crippen MR) is 33.3 cm³/mol. The van der Waals surface area contributed by atoms with E-state index in [9.17, 15) is 4.21 Å². The molecular formula is C5H5NO2S. The predicted octanol–water partition coefficient (Wildman–Crippen LogP) is 0.662. The SMILES string of the molecule is O=S(O)c1ccccn1. The lowest BCUT2D eigenvalue weighted by Gasteiger charge is -1.88. The van der Waals surface area contributed by atoms with Crippen LogP contribution in [0.25, 0.3) is 0 Å². The number of hydrogen-bond donors (Lipinski definition) is 1. The van der Waals surface area contributed by atoms with E-state index in [1.165, 1.54) is 12.3 Å². The molecule has 9 heavy (non-hydrogen) atoms. The topological polar surface area (TPSA) is 50.2 Å². The van der Waals surface area contributed by atoms with Crippen molar-refractivity contribution in [2.24, 2.45) is 0 Å². The largest absolute Gasteiger partial charge is 0.301 e. The number of pyridine rings is 1. The molecule has 1 atom stereocenters. The quantitative estimate of drug-likeness (QED) is 0.587. The minimum Gasteiger partial charge on any atom is -0.301 e. The maximum absolute atomic E-state index is 10.2. The highest BCUT2D eigenvalue weighted by Gasteiger charge is 1.95. The lowest BCUT2D eigenvalue weighted by molar-refractivity contribution is 0.560. The van der Waals surface area contributed by atoms with Crippen LogP contribution < -0.4 is 0 Å². The van der Waals surface area contributed by atoms with Gasteiger partial charge in [0.2, 0.25) is 11.1 Å². The van der Waals surface area contributed by atoms with Gasteiger partial charge in [-0.3, -0.25) is 0 Å². The third-order valence-electron chi connectivity index (χ3n) is 0.817. The van der Waals surface area contributed by atoms with Crippen LogP contribution in [0, 0.1) is 0 Å². The van der Waals surface area contributed by atoms with Gasteiger partial charge in [0.05, 0.1) is 0 Å². The lowest BCUT2D eigenvalue weighted by Crippen LogP contribution is -1.89. The summed E-state index contributed by atoms with van der Waals surface area (Å²) in [5.41, 5.74) is 0. The maximum atomic E-state index is 10.2. The molecule has 0 amide bonds. The van der Waals surface area contributed by atoms with Crippen molar-refractivity contribution in [3.05, 3.63) is 24.4 Å². The highest BCUT2D eigenvalue weighted by molar-refractivity contribution is 7.79. The van der Waals surface area contributed by atoms with Crippen LogP contribution in [0.2, 0.25) is 0 Å². The first-order valence-electron chi connectivity index (χ1n) is 2.32. The third-order valence-corrected chi connectivity index (χ3v) is 1.42. The molecular weight excluding hydrogens is 138 g/mol. The first-order chi connectivity index (χ1) is 4.30. The Kier molecular flexibility index (Phi) is 1.92. The monoisotopic (exact) mass is 143 g/mol. The molecule has 0 saturated heterocycles. The van der Waals surface area contributed by atoms with Gasteiger partial charge in [0.1, 0.15) is 0 Å². The molecule has 0 aliphatic carbocycles. The molecule has 1 aromatic heterocycles. The number of rotatable bonds is 1. The normalized spacial score (nSPS) is 13.0. The van der Waals surface area contributed by atoms with Gasteiger partial charge in [0.15, 0.2) is 5.03 Å². The van der Waals surface area contributed by atoms with Crippen LogP contribution in [-0.2, 0) is 11.1 Å². The van der Waals surface area contributed by atoms with Crippen molar-refractivity contribution in [2.75, 3.05) is 0 Å². The van der Waals surface area contributed by atoms with Crippen LogP contribution >= 0.6 is 0 Å². The van der Waals surface area contributed by atoms with Crippen molar-refractivity contribution in [1.29, 1.82) is 0 Å². The fraction of sp³-hybridized carbons (Fsp3) is 0. The Labute approximate surface area is 55.0 Å². The van der Waals surface area contributed by atoms with E-state index < -0.39 is 11.1 Å². The molecule has 1 heterocycles. The molecule has 1 N–H and O–H groups in total. The Morgan fingerprint density at radius 1 is 1.56 bits per heavy atom. The van der Waals surface area contributed by atoms with Crippen molar-refractivity contribution < 1.29 is 8.76 Å². The molecule has 1 unspecified atom stereocenters. The first-order valence-corrected chi connectivity index (χ1v) is 3.43. The van der Waals surface area contributed by atoms with E-state index in [1.54, 1.807) is 12.1 Å². The summed E-state index contributed by atoms with van der Waals surface area (Å²) in [6, 6.07) is 4.85. The zero-order valence-electron chi connectivity index (χ0n) is 4.52. The van der Waals surface area contributed by atoms with E-state index in [-0.39, 0.29) is 5.03 Å². The number of aromatic nitrogens is 1. The van der Waals surface area contributed by atoms with E-state index in [0.717, 1.165) is 0 Å². The van der Waals surface area contributed by atoms with Gasteiger partial charge >= 0.3 is 0 Å². The fourth-order valence-electron chi connectivity index (χ4n) is 0.450. The Balaban J connectivity index is 2.98. The molecule has 1 aromatic rings. The Morgan fingerprint density at radius 3 is 2.67 bits per heavy atom. The van der Waals surface area contributed by atoms with E-state index >= 15 is 0 Å². The van der Waals surface area contributed by atoms with Crippen LogP contribution in [0.4, 0.5) is 0 Å². The van der Waals surface area contributed by atoms with Gasteiger partial charge in [-0.2, -0.15) is 0 Å². The summed E-state index contributed by atoms with van der Waals surface area (Å²) in [5.74, 6) is 0. The second kappa shape index (κ2) is 2.70. The van der Waals surface area contributed by atoms with Crippen molar-refractivity contribution >= 4 is 11.1 Å². The van der Waals surface area contributed by atoms with Crippen LogP contribution in [0.3, 0.4) is 0 Å². The highest BCUT2D eigenvalue weighted by atomic mass is 32.2. The van der Waals surface area contributed by atoms with Gasteiger partial charge in [-0.25, -0.2) is 9.19 Å². The van der Waals surface area contributed by atoms with E-state index in [0.29, 0.717) is 0 Å². The lowest BCUT2D eigenvalue weighted by atomic mass is 10.5. The van der Waals surface area contributed by atoms with Gasteiger partial charge in [0.25, 0.3) is 0 Å². The minimum atomic E-state index is -1.94. The maximum Gasteiger partial charge on any atom is 0.205 e. The molecule has 0 aromatic carbocycles. The molecule has 0 saturated carbocycles. The van der Waals surface area contributed by atoms with E-state index in [2.05, 4.69) is 4.98 Å². The standard InChI is InChI=1S/C5H5NO2S/c7-9(8)5-3-1-2-4-6-5/h1-4H,(H,7,8).